The number of ether oxygens (including phenoxy) is 1. The number of para-hydroxylation sites is 2. The summed E-state index contributed by atoms with van der Waals surface area (Å²) in [6.45, 7) is 7.10. The van der Waals surface area contributed by atoms with E-state index >= 15 is 0 Å². The number of carbonyl (C=O) groups excluding carboxylic acids is 2. The Kier molecular flexibility index (Phi) is 7.28. The molecule has 0 bridgehead atoms. The third-order valence-electron chi connectivity index (χ3n) is 9.01. The summed E-state index contributed by atoms with van der Waals surface area (Å²) in [5, 5.41) is 4.81. The number of hydrogen-bond acceptors (Lipinski definition) is 8. The number of allylic oxidation sites excluding steroid dienone is 1. The van der Waals surface area contributed by atoms with Gasteiger partial charge in [0.25, 0.3) is 0 Å². The zero-order valence-electron chi connectivity index (χ0n) is 25.4. The molecule has 226 valence electrons. The fourth-order valence-corrected chi connectivity index (χ4v) is 7.70. The summed E-state index contributed by atoms with van der Waals surface area (Å²) in [6, 6.07) is 23.8. The van der Waals surface area contributed by atoms with Crippen LogP contribution in [0.5, 0.6) is 5.75 Å². The van der Waals surface area contributed by atoms with Crippen molar-refractivity contribution in [3.63, 3.8) is 0 Å². The van der Waals surface area contributed by atoms with Crippen molar-refractivity contribution < 1.29 is 14.3 Å². The van der Waals surface area contributed by atoms with Gasteiger partial charge < -0.3 is 24.8 Å². The van der Waals surface area contributed by atoms with Crippen LogP contribution in [0, 0.1) is 5.41 Å². The van der Waals surface area contributed by atoms with Gasteiger partial charge in [-0.25, -0.2) is 0 Å². The summed E-state index contributed by atoms with van der Waals surface area (Å²) < 4.78 is 11.5. The SMILES string of the molecule is COc1cccc(C2C3=C(CC(C)(C)CC3=O)Nc3ccccc3N2CC(=O)N2CCN(c3nsc4ccccc34)CC2)c1. The van der Waals surface area contributed by atoms with Crippen LogP contribution in [0.4, 0.5) is 17.2 Å². The average molecular weight is 608 g/mol. The highest BCUT2D eigenvalue weighted by Crippen LogP contribution is 2.48. The van der Waals surface area contributed by atoms with E-state index in [0.717, 1.165) is 64.7 Å². The number of benzene rings is 3. The number of anilines is 3. The molecule has 7 rings (SSSR count). The Bertz CT molecular complexity index is 1770. The molecule has 1 fully saturated rings. The van der Waals surface area contributed by atoms with E-state index in [9.17, 15) is 9.59 Å². The van der Waals surface area contributed by atoms with Crippen molar-refractivity contribution >= 4 is 50.5 Å². The predicted octanol–water partition coefficient (Wildman–Crippen LogP) is 6.27. The van der Waals surface area contributed by atoms with E-state index < -0.39 is 6.04 Å². The second-order valence-electron chi connectivity index (χ2n) is 12.7. The van der Waals surface area contributed by atoms with Gasteiger partial charge in [0.1, 0.15) is 11.6 Å². The summed E-state index contributed by atoms with van der Waals surface area (Å²) in [6.07, 6.45) is 1.21. The van der Waals surface area contributed by atoms with Gasteiger partial charge in [-0.2, -0.15) is 4.37 Å². The van der Waals surface area contributed by atoms with E-state index in [4.69, 9.17) is 9.11 Å². The molecule has 0 radical (unpaired) electrons. The van der Waals surface area contributed by atoms with Crippen molar-refractivity contribution in [2.24, 2.45) is 5.41 Å². The molecule has 9 heteroatoms. The monoisotopic (exact) mass is 607 g/mol. The Labute approximate surface area is 262 Å². The lowest BCUT2D eigenvalue weighted by molar-refractivity contribution is -0.130. The maximum atomic E-state index is 14.1. The first-order chi connectivity index (χ1) is 21.3. The van der Waals surface area contributed by atoms with Gasteiger partial charge in [0.05, 0.1) is 35.8 Å². The van der Waals surface area contributed by atoms with E-state index in [1.807, 2.05) is 65.6 Å². The van der Waals surface area contributed by atoms with Gasteiger partial charge in [0, 0.05) is 49.3 Å². The van der Waals surface area contributed by atoms with Crippen molar-refractivity contribution in [1.82, 2.24) is 9.27 Å². The van der Waals surface area contributed by atoms with E-state index in [-0.39, 0.29) is 23.7 Å². The molecule has 3 aliphatic rings. The lowest BCUT2D eigenvalue weighted by Gasteiger charge is -2.40. The van der Waals surface area contributed by atoms with Crippen LogP contribution in [-0.2, 0) is 9.59 Å². The molecule has 1 saturated heterocycles. The summed E-state index contributed by atoms with van der Waals surface area (Å²) in [5.41, 5.74) is 4.25. The number of rotatable bonds is 5. The highest BCUT2D eigenvalue weighted by atomic mass is 32.1. The smallest absolute Gasteiger partial charge is 0.242 e. The molecule has 3 aromatic carbocycles. The van der Waals surface area contributed by atoms with Crippen molar-refractivity contribution in [2.75, 3.05) is 55.0 Å². The van der Waals surface area contributed by atoms with Crippen LogP contribution in [0.15, 0.2) is 84.1 Å². The van der Waals surface area contributed by atoms with Crippen LogP contribution in [-0.4, -0.2) is 60.8 Å². The number of hydrogen-bond donors (Lipinski definition) is 1. The molecular formula is C35H37N5O3S. The van der Waals surface area contributed by atoms with Crippen molar-refractivity contribution in [1.29, 1.82) is 0 Å². The Balaban J connectivity index is 1.22. The minimum absolute atomic E-state index is 0.0446. The molecule has 2 aliphatic heterocycles. The molecule has 1 aromatic heterocycles. The quantitative estimate of drug-likeness (QED) is 0.287. The molecule has 3 heterocycles. The topological polar surface area (TPSA) is 78.0 Å². The van der Waals surface area contributed by atoms with Gasteiger partial charge in [-0.1, -0.05) is 50.2 Å². The molecule has 0 saturated carbocycles. The Morgan fingerprint density at radius 3 is 2.59 bits per heavy atom. The molecule has 1 atom stereocenters. The molecule has 4 aromatic rings. The van der Waals surface area contributed by atoms with E-state index in [0.29, 0.717) is 19.5 Å². The van der Waals surface area contributed by atoms with Gasteiger partial charge in [-0.05, 0) is 65.3 Å². The molecule has 44 heavy (non-hydrogen) atoms. The molecule has 1 amide bonds. The van der Waals surface area contributed by atoms with Gasteiger partial charge in [-0.3, -0.25) is 9.59 Å². The van der Waals surface area contributed by atoms with E-state index in [1.54, 1.807) is 7.11 Å². The molecule has 8 nitrogen and oxygen atoms in total. The number of nitrogens with zero attached hydrogens (tertiary/aromatic N) is 4. The zero-order chi connectivity index (χ0) is 30.4. The number of fused-ring (bicyclic) bond motifs is 2. The second-order valence-corrected chi connectivity index (χ2v) is 13.5. The van der Waals surface area contributed by atoms with Gasteiger partial charge in [0.15, 0.2) is 5.78 Å². The van der Waals surface area contributed by atoms with Gasteiger partial charge in [0.2, 0.25) is 5.91 Å². The summed E-state index contributed by atoms with van der Waals surface area (Å²) >= 11 is 1.52. The van der Waals surface area contributed by atoms with Crippen LogP contribution in [0.2, 0.25) is 0 Å². The van der Waals surface area contributed by atoms with E-state index in [2.05, 4.69) is 41.1 Å². The standard InChI is InChI=1S/C35H37N5O3S/c1-35(2)20-27-32(29(41)21-35)33(23-9-8-10-24(19-23)43-3)40(28-13-6-5-12-26(28)36-27)22-31(42)38-15-17-39(18-16-38)34-25-11-4-7-14-30(25)44-37-34/h4-14,19,33,36H,15-18,20-22H2,1-3H3. The number of ketones is 1. The molecular weight excluding hydrogens is 570 g/mol. The maximum Gasteiger partial charge on any atom is 0.242 e. The number of Topliss-reactive ketones (excluding diaryl/α,β-unsaturated/α-hetero) is 1. The van der Waals surface area contributed by atoms with E-state index in [1.165, 1.54) is 16.2 Å². The molecule has 1 aliphatic carbocycles. The zero-order valence-corrected chi connectivity index (χ0v) is 26.2. The molecule has 0 spiro atoms. The van der Waals surface area contributed by atoms with Crippen molar-refractivity contribution in [2.45, 2.75) is 32.7 Å². The molecule has 1 N–H and O–H groups in total. The van der Waals surface area contributed by atoms with Gasteiger partial charge in [-0.15, -0.1) is 0 Å². The second kappa shape index (κ2) is 11.3. The first-order valence-corrected chi connectivity index (χ1v) is 16.0. The van der Waals surface area contributed by atoms with Gasteiger partial charge >= 0.3 is 0 Å². The summed E-state index contributed by atoms with van der Waals surface area (Å²) in [4.78, 5) is 34.5. The van der Waals surface area contributed by atoms with Crippen LogP contribution in [0.3, 0.4) is 0 Å². The highest BCUT2D eigenvalue weighted by molar-refractivity contribution is 7.13. The highest BCUT2D eigenvalue weighted by Gasteiger charge is 2.42. The fourth-order valence-electron chi connectivity index (χ4n) is 6.90. The first-order valence-electron chi connectivity index (χ1n) is 15.2. The normalized spacial score (nSPS) is 19.8. The Hall–Kier alpha value is -4.37. The first kappa shape index (κ1) is 28.4. The number of methoxy groups -OCH3 is 1. The Morgan fingerprint density at radius 2 is 1.77 bits per heavy atom. The summed E-state index contributed by atoms with van der Waals surface area (Å²) in [7, 11) is 1.65. The lowest BCUT2D eigenvalue weighted by Crippen LogP contribution is -2.52. The average Bonchev–Trinajstić information content (AvgIpc) is 3.40. The number of aromatic nitrogens is 1. The lowest BCUT2D eigenvalue weighted by atomic mass is 9.73. The van der Waals surface area contributed by atoms with Crippen LogP contribution in [0.1, 0.15) is 38.3 Å². The number of piperazine rings is 1. The number of amides is 1. The molecule has 1 unspecified atom stereocenters. The van der Waals surface area contributed by atoms with Crippen molar-refractivity contribution in [3.05, 3.63) is 89.6 Å². The summed E-state index contributed by atoms with van der Waals surface area (Å²) in [5.74, 6) is 1.88. The third kappa shape index (κ3) is 5.19. The van der Waals surface area contributed by atoms with Crippen LogP contribution >= 0.6 is 11.5 Å². The third-order valence-corrected chi connectivity index (χ3v) is 9.83. The predicted molar refractivity (Wildman–Crippen MR) is 177 cm³/mol. The van der Waals surface area contributed by atoms with Crippen molar-refractivity contribution in [3.8, 4) is 5.75 Å². The number of carbonyl (C=O) groups is 2. The van der Waals surface area contributed by atoms with Crippen LogP contribution in [0.25, 0.3) is 10.1 Å². The minimum atomic E-state index is -0.438. The minimum Gasteiger partial charge on any atom is -0.497 e. The largest absolute Gasteiger partial charge is 0.497 e. The van der Waals surface area contributed by atoms with Crippen LogP contribution < -0.4 is 19.9 Å². The number of nitrogens with one attached hydrogen (secondary N) is 1. The maximum absolute atomic E-state index is 14.1. The fraction of sp³-hybridized carbons (Fsp3) is 0.343. The Morgan fingerprint density at radius 1 is 1.00 bits per heavy atom.